The van der Waals surface area contributed by atoms with Gasteiger partial charge in [-0.2, -0.15) is 0 Å². The van der Waals surface area contributed by atoms with Crippen molar-refractivity contribution in [2.45, 2.75) is 24.8 Å². The first-order valence-corrected chi connectivity index (χ1v) is 7.23. The predicted molar refractivity (Wildman–Crippen MR) is 82.2 cm³/mol. The molecule has 1 saturated heterocycles. The van der Waals surface area contributed by atoms with Gasteiger partial charge >= 0.3 is 0 Å². The number of carbonyl (C=O) groups is 1. The average Bonchev–Trinajstić information content (AvgIpc) is 2.77. The number of phenolic OH excluding ortho intramolecular Hbond substituents is 1. The molecular weight excluding hydrogens is 262 g/mol. The summed E-state index contributed by atoms with van der Waals surface area (Å²) in [6.45, 7) is 0. The summed E-state index contributed by atoms with van der Waals surface area (Å²) in [7, 11) is 1.87. The monoisotopic (exact) mass is 281 g/mol. The average molecular weight is 281 g/mol. The molecule has 2 aromatic carbocycles. The lowest BCUT2D eigenvalue weighted by atomic mass is 9.88. The molecule has 0 aromatic heterocycles. The Labute approximate surface area is 124 Å². The standard InChI is InChI=1S/C18H19NO2/c1-19-17(11-13-6-5-9-15(20)10-13)16(12-18(19)21)14-7-3-2-4-8-14/h2-10,16-17,20H,11-12H2,1H3. The van der Waals surface area contributed by atoms with Crippen LogP contribution in [-0.4, -0.2) is 29.0 Å². The number of likely N-dealkylation sites (N-methyl/N-ethyl adjacent to an activating group) is 1. The molecule has 1 aliphatic rings. The molecule has 0 saturated carbocycles. The highest BCUT2D eigenvalue weighted by Gasteiger charge is 2.38. The summed E-state index contributed by atoms with van der Waals surface area (Å²) in [5.41, 5.74) is 2.27. The van der Waals surface area contributed by atoms with Gasteiger partial charge in [0.25, 0.3) is 0 Å². The zero-order chi connectivity index (χ0) is 14.8. The van der Waals surface area contributed by atoms with Crippen molar-refractivity contribution in [3.8, 4) is 5.75 Å². The molecule has 1 N–H and O–H groups in total. The maximum atomic E-state index is 12.1. The van der Waals surface area contributed by atoms with Crippen molar-refractivity contribution < 1.29 is 9.90 Å². The summed E-state index contributed by atoms with van der Waals surface area (Å²) >= 11 is 0. The van der Waals surface area contributed by atoms with Gasteiger partial charge in [-0.05, 0) is 29.7 Å². The predicted octanol–water partition coefficient (Wildman–Crippen LogP) is 2.95. The third-order valence-electron chi connectivity index (χ3n) is 4.33. The van der Waals surface area contributed by atoms with E-state index in [4.69, 9.17) is 0 Å². The molecule has 1 amide bonds. The van der Waals surface area contributed by atoms with Crippen molar-refractivity contribution in [1.29, 1.82) is 0 Å². The molecule has 21 heavy (non-hydrogen) atoms. The fourth-order valence-corrected chi connectivity index (χ4v) is 3.17. The number of hydrogen-bond acceptors (Lipinski definition) is 2. The van der Waals surface area contributed by atoms with Crippen LogP contribution in [0, 0.1) is 0 Å². The minimum absolute atomic E-state index is 0.140. The van der Waals surface area contributed by atoms with E-state index in [0.717, 1.165) is 12.0 Å². The summed E-state index contributed by atoms with van der Waals surface area (Å²) in [4.78, 5) is 14.0. The molecular formula is C18H19NO2. The van der Waals surface area contributed by atoms with Crippen LogP contribution in [0.1, 0.15) is 23.5 Å². The fourth-order valence-electron chi connectivity index (χ4n) is 3.17. The summed E-state index contributed by atoms with van der Waals surface area (Å²) in [5, 5.41) is 9.61. The van der Waals surface area contributed by atoms with Crippen molar-refractivity contribution in [1.82, 2.24) is 4.90 Å². The van der Waals surface area contributed by atoms with E-state index in [0.29, 0.717) is 6.42 Å². The van der Waals surface area contributed by atoms with Crippen LogP contribution in [0.4, 0.5) is 0 Å². The minimum atomic E-state index is 0.140. The minimum Gasteiger partial charge on any atom is -0.508 e. The van der Waals surface area contributed by atoms with Gasteiger partial charge in [-0.15, -0.1) is 0 Å². The highest BCUT2D eigenvalue weighted by Crippen LogP contribution is 2.35. The molecule has 2 atom stereocenters. The van der Waals surface area contributed by atoms with Crippen LogP contribution in [0.25, 0.3) is 0 Å². The normalized spacial score (nSPS) is 21.8. The Kier molecular flexibility index (Phi) is 3.65. The second-order valence-corrected chi connectivity index (χ2v) is 5.67. The van der Waals surface area contributed by atoms with Gasteiger partial charge in [-0.1, -0.05) is 42.5 Å². The number of likely N-dealkylation sites (tertiary alicyclic amines) is 1. The topological polar surface area (TPSA) is 40.5 Å². The smallest absolute Gasteiger partial charge is 0.223 e. The van der Waals surface area contributed by atoms with Crippen molar-refractivity contribution >= 4 is 5.91 Å². The highest BCUT2D eigenvalue weighted by molar-refractivity contribution is 5.80. The number of hydrogen-bond donors (Lipinski definition) is 1. The Balaban J connectivity index is 1.88. The number of aromatic hydroxyl groups is 1. The Morgan fingerprint density at radius 2 is 1.90 bits per heavy atom. The first-order chi connectivity index (χ1) is 10.1. The lowest BCUT2D eigenvalue weighted by Crippen LogP contribution is -2.32. The van der Waals surface area contributed by atoms with Gasteiger partial charge in [0.2, 0.25) is 5.91 Å². The van der Waals surface area contributed by atoms with E-state index >= 15 is 0 Å². The summed E-state index contributed by atoms with van der Waals surface area (Å²) in [5.74, 6) is 0.677. The Morgan fingerprint density at radius 3 is 2.62 bits per heavy atom. The van der Waals surface area contributed by atoms with Crippen molar-refractivity contribution in [3.05, 3.63) is 65.7 Å². The van der Waals surface area contributed by atoms with Crippen molar-refractivity contribution in [2.75, 3.05) is 7.05 Å². The summed E-state index contributed by atoms with van der Waals surface area (Å²) in [6, 6.07) is 17.6. The van der Waals surface area contributed by atoms with Crippen molar-refractivity contribution in [2.24, 2.45) is 0 Å². The van der Waals surface area contributed by atoms with E-state index in [9.17, 15) is 9.90 Å². The molecule has 1 heterocycles. The van der Waals surface area contributed by atoms with Crippen LogP contribution >= 0.6 is 0 Å². The molecule has 2 unspecified atom stereocenters. The molecule has 0 aliphatic carbocycles. The number of amides is 1. The van der Waals surface area contributed by atoms with E-state index in [-0.39, 0.29) is 23.6 Å². The van der Waals surface area contributed by atoms with Crippen LogP contribution in [0.2, 0.25) is 0 Å². The number of rotatable bonds is 3. The third kappa shape index (κ3) is 2.77. The lowest BCUT2D eigenvalue weighted by Gasteiger charge is -2.25. The molecule has 0 bridgehead atoms. The molecule has 1 fully saturated rings. The zero-order valence-corrected chi connectivity index (χ0v) is 12.1. The van der Waals surface area contributed by atoms with E-state index in [1.807, 2.05) is 42.3 Å². The Bertz CT molecular complexity index is 639. The molecule has 3 heteroatoms. The molecule has 0 spiro atoms. The second kappa shape index (κ2) is 5.60. The highest BCUT2D eigenvalue weighted by atomic mass is 16.3. The summed E-state index contributed by atoms with van der Waals surface area (Å²) < 4.78 is 0. The first kappa shape index (κ1) is 13.7. The van der Waals surface area contributed by atoms with Gasteiger partial charge in [-0.25, -0.2) is 0 Å². The molecule has 0 radical (unpaired) electrons. The number of carbonyl (C=O) groups excluding carboxylic acids is 1. The van der Waals surface area contributed by atoms with Crippen LogP contribution in [0.5, 0.6) is 5.75 Å². The Morgan fingerprint density at radius 1 is 1.14 bits per heavy atom. The largest absolute Gasteiger partial charge is 0.508 e. The quantitative estimate of drug-likeness (QED) is 0.939. The van der Waals surface area contributed by atoms with Crippen LogP contribution in [0.3, 0.4) is 0 Å². The van der Waals surface area contributed by atoms with Crippen molar-refractivity contribution in [3.63, 3.8) is 0 Å². The fraction of sp³-hybridized carbons (Fsp3) is 0.278. The molecule has 3 rings (SSSR count). The lowest BCUT2D eigenvalue weighted by molar-refractivity contribution is -0.127. The maximum Gasteiger partial charge on any atom is 0.223 e. The third-order valence-corrected chi connectivity index (χ3v) is 4.33. The van der Waals surface area contributed by atoms with Crippen LogP contribution < -0.4 is 0 Å². The molecule has 2 aromatic rings. The van der Waals surface area contributed by atoms with Gasteiger partial charge in [0.05, 0.1) is 0 Å². The van der Waals surface area contributed by atoms with Gasteiger partial charge in [0.1, 0.15) is 5.75 Å². The SMILES string of the molecule is CN1C(=O)CC(c2ccccc2)C1Cc1cccc(O)c1. The van der Waals surface area contributed by atoms with Gasteiger partial charge in [-0.3, -0.25) is 4.79 Å². The van der Waals surface area contributed by atoms with E-state index < -0.39 is 0 Å². The van der Waals surface area contributed by atoms with Gasteiger partial charge in [0, 0.05) is 25.4 Å². The molecule has 108 valence electrons. The van der Waals surface area contributed by atoms with Crippen LogP contribution in [-0.2, 0) is 11.2 Å². The zero-order valence-electron chi connectivity index (χ0n) is 12.1. The summed E-state index contributed by atoms with van der Waals surface area (Å²) in [6.07, 6.45) is 1.32. The maximum absolute atomic E-state index is 12.1. The van der Waals surface area contributed by atoms with Gasteiger partial charge in [0.15, 0.2) is 0 Å². The Hall–Kier alpha value is -2.29. The number of phenols is 1. The van der Waals surface area contributed by atoms with E-state index in [1.54, 1.807) is 12.1 Å². The molecule has 1 aliphatic heterocycles. The van der Waals surface area contributed by atoms with E-state index in [2.05, 4.69) is 12.1 Å². The first-order valence-electron chi connectivity index (χ1n) is 7.23. The number of benzene rings is 2. The second-order valence-electron chi connectivity index (χ2n) is 5.67. The van der Waals surface area contributed by atoms with E-state index in [1.165, 1.54) is 5.56 Å². The van der Waals surface area contributed by atoms with Crippen LogP contribution in [0.15, 0.2) is 54.6 Å². The molecule has 3 nitrogen and oxygen atoms in total. The van der Waals surface area contributed by atoms with Gasteiger partial charge < -0.3 is 10.0 Å². The number of nitrogens with zero attached hydrogens (tertiary/aromatic N) is 1.